The van der Waals surface area contributed by atoms with Crippen LogP contribution in [0.3, 0.4) is 0 Å². The number of anilines is 2. The van der Waals surface area contributed by atoms with Crippen LogP contribution in [0.5, 0.6) is 5.75 Å². The zero-order valence-corrected chi connectivity index (χ0v) is 16.6. The molecule has 3 aliphatic rings. The molecule has 158 valence electrons. The van der Waals surface area contributed by atoms with Gasteiger partial charge in [0, 0.05) is 31.3 Å². The second-order valence-corrected chi connectivity index (χ2v) is 9.04. The van der Waals surface area contributed by atoms with Gasteiger partial charge in [0.1, 0.15) is 25.0 Å². The minimum Gasteiger partial charge on any atom is -0.489 e. The number of nitrogens with zero attached hydrogens (tertiary/aromatic N) is 2. The van der Waals surface area contributed by atoms with E-state index in [0.717, 1.165) is 6.26 Å². The molecule has 2 fully saturated rings. The highest BCUT2D eigenvalue weighted by Gasteiger charge is 2.47. The van der Waals surface area contributed by atoms with Crippen LogP contribution in [0.25, 0.3) is 0 Å². The number of rotatable bonds is 5. The Morgan fingerprint density at radius 2 is 2.10 bits per heavy atom. The van der Waals surface area contributed by atoms with Crippen LogP contribution in [-0.4, -0.2) is 70.3 Å². The lowest BCUT2D eigenvalue weighted by Crippen LogP contribution is -2.46. The van der Waals surface area contributed by atoms with Gasteiger partial charge in [0.25, 0.3) is 10.1 Å². The lowest BCUT2D eigenvalue weighted by atomic mass is 9.96. The first kappa shape index (κ1) is 19.9. The second-order valence-electron chi connectivity index (χ2n) is 7.40. The number of ether oxygens (including phenoxy) is 2. The highest BCUT2D eigenvalue weighted by molar-refractivity contribution is 7.85. The van der Waals surface area contributed by atoms with Crippen LogP contribution in [0.2, 0.25) is 0 Å². The summed E-state index contributed by atoms with van der Waals surface area (Å²) in [6, 6.07) is 4.61. The first-order chi connectivity index (χ1) is 13.8. The summed E-state index contributed by atoms with van der Waals surface area (Å²) in [5.74, 6) is 0.360. The van der Waals surface area contributed by atoms with Gasteiger partial charge in [-0.3, -0.25) is 13.9 Å². The van der Waals surface area contributed by atoms with Crippen molar-refractivity contribution in [2.75, 3.05) is 42.4 Å². The van der Waals surface area contributed by atoms with Crippen LogP contribution < -0.4 is 14.5 Å². The third-order valence-electron chi connectivity index (χ3n) is 5.36. The molecule has 0 spiro atoms. The zero-order valence-electron chi connectivity index (χ0n) is 15.8. The van der Waals surface area contributed by atoms with Crippen molar-refractivity contribution in [2.45, 2.75) is 25.0 Å². The third kappa shape index (κ3) is 3.89. The van der Waals surface area contributed by atoms with Crippen molar-refractivity contribution in [3.8, 4) is 5.75 Å². The van der Waals surface area contributed by atoms with E-state index in [9.17, 15) is 23.1 Å². The smallest absolute Gasteiger partial charge is 0.415 e. The molecule has 0 saturated carbocycles. The van der Waals surface area contributed by atoms with Crippen LogP contribution in [0.1, 0.15) is 12.8 Å². The summed E-state index contributed by atoms with van der Waals surface area (Å²) in [5, 5.41) is 9.26. The van der Waals surface area contributed by atoms with E-state index in [1.807, 2.05) is 0 Å². The van der Waals surface area contributed by atoms with E-state index in [2.05, 4.69) is 0 Å². The number of aliphatic hydroxyl groups excluding tert-OH is 1. The lowest BCUT2D eigenvalue weighted by molar-refractivity contribution is -0.121. The van der Waals surface area contributed by atoms with Gasteiger partial charge >= 0.3 is 6.09 Å². The van der Waals surface area contributed by atoms with E-state index in [0.29, 0.717) is 30.1 Å². The molecule has 3 atom stereocenters. The molecule has 3 heterocycles. The van der Waals surface area contributed by atoms with Crippen molar-refractivity contribution < 1.29 is 36.8 Å². The zero-order chi connectivity index (χ0) is 20.8. The summed E-state index contributed by atoms with van der Waals surface area (Å²) < 4.78 is 38.3. The van der Waals surface area contributed by atoms with E-state index >= 15 is 0 Å². The van der Waals surface area contributed by atoms with Crippen molar-refractivity contribution in [1.82, 2.24) is 0 Å². The first-order valence-corrected chi connectivity index (χ1v) is 11.1. The molecule has 29 heavy (non-hydrogen) atoms. The van der Waals surface area contributed by atoms with Crippen LogP contribution in [0.4, 0.5) is 16.2 Å². The fourth-order valence-corrected chi connectivity index (χ4v) is 4.23. The highest BCUT2D eigenvalue weighted by Crippen LogP contribution is 2.41. The molecular weight excluding hydrogens is 404 g/mol. The Balaban J connectivity index is 1.53. The molecule has 0 aromatic heterocycles. The molecule has 11 heteroatoms. The minimum atomic E-state index is -3.66. The number of amides is 2. The predicted molar refractivity (Wildman–Crippen MR) is 101 cm³/mol. The van der Waals surface area contributed by atoms with Gasteiger partial charge in [-0.05, 0) is 24.5 Å². The van der Waals surface area contributed by atoms with Gasteiger partial charge in [0.05, 0.1) is 11.9 Å². The van der Waals surface area contributed by atoms with Gasteiger partial charge in [-0.1, -0.05) is 0 Å². The largest absolute Gasteiger partial charge is 0.489 e. The molecular formula is C18H22N2O8S. The predicted octanol–water partition coefficient (Wildman–Crippen LogP) is 0.484. The Bertz CT molecular complexity index is 934. The fourth-order valence-electron chi connectivity index (χ4n) is 3.85. The van der Waals surface area contributed by atoms with Crippen molar-refractivity contribution in [2.24, 2.45) is 5.92 Å². The van der Waals surface area contributed by atoms with E-state index in [-0.39, 0.29) is 38.1 Å². The summed E-state index contributed by atoms with van der Waals surface area (Å²) in [5.41, 5.74) is 1.16. The van der Waals surface area contributed by atoms with Crippen LogP contribution in [0, 0.1) is 5.92 Å². The summed E-state index contributed by atoms with van der Waals surface area (Å²) >= 11 is 0. The monoisotopic (exact) mass is 426 g/mol. The average Bonchev–Trinajstić information content (AvgIpc) is 3.01. The first-order valence-electron chi connectivity index (χ1n) is 9.29. The number of carbonyl (C=O) groups is 2. The average molecular weight is 426 g/mol. The molecule has 0 unspecified atom stereocenters. The Morgan fingerprint density at radius 3 is 2.79 bits per heavy atom. The maximum absolute atomic E-state index is 12.4. The van der Waals surface area contributed by atoms with Gasteiger partial charge in [0.2, 0.25) is 5.91 Å². The van der Waals surface area contributed by atoms with Gasteiger partial charge in [0.15, 0.2) is 6.10 Å². The Kier molecular flexibility index (Phi) is 5.13. The van der Waals surface area contributed by atoms with E-state index in [1.165, 1.54) is 4.90 Å². The number of piperidine rings is 1. The fraction of sp³-hybridized carbons (Fsp3) is 0.556. The number of fused-ring (bicyclic) bond motifs is 3. The van der Waals surface area contributed by atoms with E-state index in [4.69, 9.17) is 13.7 Å². The number of cyclic esters (lactones) is 1. The molecule has 4 rings (SSSR count). The Labute approximate surface area is 168 Å². The molecule has 0 bridgehead atoms. The summed E-state index contributed by atoms with van der Waals surface area (Å²) in [7, 11) is -3.66. The maximum atomic E-state index is 12.4. The molecule has 0 aliphatic carbocycles. The minimum absolute atomic E-state index is 0.00441. The summed E-state index contributed by atoms with van der Waals surface area (Å²) in [4.78, 5) is 27.8. The van der Waals surface area contributed by atoms with Crippen LogP contribution in [0.15, 0.2) is 18.2 Å². The Morgan fingerprint density at radius 1 is 1.31 bits per heavy atom. The van der Waals surface area contributed by atoms with Crippen molar-refractivity contribution in [3.63, 3.8) is 0 Å². The van der Waals surface area contributed by atoms with E-state index in [1.54, 1.807) is 23.1 Å². The topological polar surface area (TPSA) is 123 Å². The third-order valence-corrected chi connectivity index (χ3v) is 5.93. The van der Waals surface area contributed by atoms with Crippen molar-refractivity contribution >= 4 is 33.5 Å². The molecule has 2 amide bonds. The maximum Gasteiger partial charge on any atom is 0.415 e. The molecule has 10 nitrogen and oxygen atoms in total. The number of aliphatic hydroxyl groups is 1. The summed E-state index contributed by atoms with van der Waals surface area (Å²) in [6.07, 6.45) is 0.554. The molecule has 3 aliphatic heterocycles. The number of hydrogen-bond acceptors (Lipinski definition) is 8. The van der Waals surface area contributed by atoms with Gasteiger partial charge in [-0.15, -0.1) is 0 Å². The second kappa shape index (κ2) is 7.47. The Hall–Kier alpha value is -2.37. The van der Waals surface area contributed by atoms with Gasteiger partial charge < -0.3 is 19.5 Å². The van der Waals surface area contributed by atoms with Crippen LogP contribution in [-0.2, 0) is 23.8 Å². The SMILES string of the molecule is CS(=O)(=O)OC[C@@H]1OC(=O)N2c3ccc(N4CC[C@@H](CO)CC4=O)cc3OC[C@@H]12. The molecule has 1 aromatic rings. The lowest BCUT2D eigenvalue weighted by Gasteiger charge is -2.34. The van der Waals surface area contributed by atoms with Crippen molar-refractivity contribution in [1.29, 1.82) is 0 Å². The van der Waals surface area contributed by atoms with Gasteiger partial charge in [-0.25, -0.2) is 4.79 Å². The molecule has 2 saturated heterocycles. The quantitative estimate of drug-likeness (QED) is 0.675. The number of benzene rings is 1. The molecule has 1 aromatic carbocycles. The molecule has 0 radical (unpaired) electrons. The standard InChI is InChI=1S/C18H22N2O8S/c1-29(24,25)27-10-16-14-9-26-15-7-12(2-3-13(15)20(14)18(23)28-16)19-5-4-11(8-21)6-17(19)22/h2-3,7,11,14,16,21H,4-6,8-10H2,1H3/t11-,14+,16+/m1/s1. The van der Waals surface area contributed by atoms with Crippen LogP contribution >= 0.6 is 0 Å². The number of carbonyl (C=O) groups excluding carboxylic acids is 2. The summed E-state index contributed by atoms with van der Waals surface area (Å²) in [6.45, 7) is 0.328. The van der Waals surface area contributed by atoms with Gasteiger partial charge in [-0.2, -0.15) is 8.42 Å². The normalized spacial score (nSPS) is 26.6. The highest BCUT2D eigenvalue weighted by atomic mass is 32.2. The molecule has 1 N–H and O–H groups in total. The van der Waals surface area contributed by atoms with E-state index < -0.39 is 28.4 Å². The number of hydrogen-bond donors (Lipinski definition) is 1. The van der Waals surface area contributed by atoms with Crippen molar-refractivity contribution in [3.05, 3.63) is 18.2 Å².